The minimum absolute atomic E-state index is 0.222. The predicted molar refractivity (Wildman–Crippen MR) is 114 cm³/mol. The Morgan fingerprint density at radius 2 is 1.58 bits per heavy atom. The first kappa shape index (κ1) is 19.0. The molecule has 3 aromatic rings. The van der Waals surface area contributed by atoms with Gasteiger partial charge in [-0.25, -0.2) is 8.78 Å². The van der Waals surface area contributed by atoms with Crippen molar-refractivity contribution >= 4 is 0 Å². The molecule has 0 radical (unpaired) electrons. The lowest BCUT2D eigenvalue weighted by atomic mass is 9.32. The fourth-order valence-electron chi connectivity index (χ4n) is 6.04. The van der Waals surface area contributed by atoms with E-state index in [1.54, 1.807) is 6.07 Å². The molecule has 1 heterocycles. The van der Waals surface area contributed by atoms with Crippen LogP contribution in [-0.4, -0.2) is 6.61 Å². The number of benzene rings is 3. The Labute approximate surface area is 180 Å². The maximum absolute atomic E-state index is 14.3. The van der Waals surface area contributed by atoms with Crippen molar-refractivity contribution in [2.24, 2.45) is 5.41 Å². The second-order valence-electron chi connectivity index (χ2n) is 9.69. The molecule has 0 aromatic heterocycles. The topological polar surface area (TPSA) is 21.8 Å². The van der Waals surface area contributed by atoms with Gasteiger partial charge in [-0.05, 0) is 65.8 Å². The first-order chi connectivity index (χ1) is 15.0. The van der Waals surface area contributed by atoms with Crippen molar-refractivity contribution in [3.63, 3.8) is 0 Å². The van der Waals surface area contributed by atoms with E-state index >= 15 is 0 Å². The maximum Gasteiger partial charge on any atom is 0.132 e. The maximum atomic E-state index is 14.3. The van der Waals surface area contributed by atoms with Gasteiger partial charge in [0.05, 0.1) is 6.61 Å². The van der Waals surface area contributed by atoms with E-state index in [9.17, 15) is 8.78 Å². The van der Waals surface area contributed by atoms with Crippen LogP contribution < -0.4 is 4.74 Å². The molecule has 158 valence electrons. The molecule has 0 N–H and O–H groups in total. The Bertz CT molecular complexity index is 1100. The first-order valence-electron chi connectivity index (χ1n) is 10.9. The van der Waals surface area contributed by atoms with Gasteiger partial charge in [-0.1, -0.05) is 48.5 Å². The van der Waals surface area contributed by atoms with Crippen molar-refractivity contribution in [3.8, 4) is 5.75 Å². The van der Waals surface area contributed by atoms with Gasteiger partial charge in [0.25, 0.3) is 0 Å². The van der Waals surface area contributed by atoms with Crippen LogP contribution in [0.2, 0.25) is 0 Å². The highest BCUT2D eigenvalue weighted by Crippen LogP contribution is 2.77. The highest BCUT2D eigenvalue weighted by atomic mass is 19.1. The molecule has 2 nitrogen and oxygen atoms in total. The average molecular weight is 418 g/mol. The van der Waals surface area contributed by atoms with Crippen LogP contribution >= 0.6 is 0 Å². The normalized spacial score (nSPS) is 30.3. The van der Waals surface area contributed by atoms with E-state index in [-0.39, 0.29) is 10.8 Å². The zero-order valence-electron chi connectivity index (χ0n) is 17.2. The molecule has 4 aliphatic rings. The van der Waals surface area contributed by atoms with E-state index in [1.807, 2.05) is 18.2 Å². The van der Waals surface area contributed by atoms with Gasteiger partial charge in [0.1, 0.15) is 29.6 Å². The standard InChI is InChI=1S/C27H24F2O2/c28-21-8-11-23(24(29)12-21)27(18-31-27)17-25-14-26(15-25,16-25)20-6-9-22(10-7-20)30-13-19-4-2-1-3-5-19/h1-12H,13-18H2. The second-order valence-corrected chi connectivity index (χ2v) is 9.69. The van der Waals surface area contributed by atoms with Crippen molar-refractivity contribution in [1.29, 1.82) is 0 Å². The number of ether oxygens (including phenoxy) is 2. The van der Waals surface area contributed by atoms with E-state index < -0.39 is 17.2 Å². The summed E-state index contributed by atoms with van der Waals surface area (Å²) >= 11 is 0. The van der Waals surface area contributed by atoms with Gasteiger partial charge in [-0.2, -0.15) is 0 Å². The van der Waals surface area contributed by atoms with E-state index in [4.69, 9.17) is 9.47 Å². The summed E-state index contributed by atoms with van der Waals surface area (Å²) in [5.41, 5.74) is 2.93. The molecule has 4 heteroatoms. The Morgan fingerprint density at radius 1 is 0.871 bits per heavy atom. The molecule has 1 unspecified atom stereocenters. The lowest BCUT2D eigenvalue weighted by Crippen LogP contribution is -2.65. The predicted octanol–water partition coefficient (Wildman–Crippen LogP) is 6.28. The lowest BCUT2D eigenvalue weighted by Gasteiger charge is -2.72. The summed E-state index contributed by atoms with van der Waals surface area (Å²) in [4.78, 5) is 0. The van der Waals surface area contributed by atoms with Gasteiger partial charge in [0, 0.05) is 11.6 Å². The van der Waals surface area contributed by atoms with Crippen LogP contribution in [0, 0.1) is 17.0 Å². The Kier molecular flexibility index (Phi) is 4.07. The number of rotatable bonds is 7. The van der Waals surface area contributed by atoms with Gasteiger partial charge >= 0.3 is 0 Å². The molecule has 3 aliphatic carbocycles. The van der Waals surface area contributed by atoms with Crippen LogP contribution in [0.15, 0.2) is 72.8 Å². The summed E-state index contributed by atoms with van der Waals surface area (Å²) in [6.45, 7) is 1.09. The molecule has 0 amide bonds. The smallest absolute Gasteiger partial charge is 0.132 e. The molecule has 31 heavy (non-hydrogen) atoms. The van der Waals surface area contributed by atoms with Crippen LogP contribution in [0.25, 0.3) is 0 Å². The summed E-state index contributed by atoms with van der Waals surface area (Å²) in [5.74, 6) is -0.159. The molecule has 3 aromatic carbocycles. The van der Waals surface area contributed by atoms with Gasteiger partial charge in [0.2, 0.25) is 0 Å². The van der Waals surface area contributed by atoms with Crippen molar-refractivity contribution in [2.45, 2.75) is 43.3 Å². The largest absolute Gasteiger partial charge is 0.489 e. The molecular formula is C27H24F2O2. The van der Waals surface area contributed by atoms with Crippen LogP contribution in [0.5, 0.6) is 5.75 Å². The summed E-state index contributed by atoms with van der Waals surface area (Å²) in [7, 11) is 0. The van der Waals surface area contributed by atoms with Crippen molar-refractivity contribution in [2.75, 3.05) is 6.61 Å². The molecule has 0 spiro atoms. The van der Waals surface area contributed by atoms with E-state index in [0.29, 0.717) is 18.8 Å². The van der Waals surface area contributed by atoms with Crippen LogP contribution in [0.1, 0.15) is 42.4 Å². The van der Waals surface area contributed by atoms with E-state index in [1.165, 1.54) is 11.6 Å². The summed E-state index contributed by atoms with van der Waals surface area (Å²) in [6.07, 6.45) is 4.15. The van der Waals surface area contributed by atoms with Gasteiger partial charge in [-0.15, -0.1) is 0 Å². The zero-order chi connectivity index (χ0) is 21.1. The molecular weight excluding hydrogens is 394 g/mol. The van der Waals surface area contributed by atoms with Crippen molar-refractivity contribution in [1.82, 2.24) is 0 Å². The molecule has 1 saturated heterocycles. The Hall–Kier alpha value is -2.72. The van der Waals surface area contributed by atoms with Crippen molar-refractivity contribution in [3.05, 3.63) is 101 Å². The highest BCUT2D eigenvalue weighted by molar-refractivity contribution is 5.42. The molecule has 2 bridgehead atoms. The minimum atomic E-state index is -0.556. The third-order valence-electron chi connectivity index (χ3n) is 7.43. The molecule has 1 aliphatic heterocycles. The van der Waals surface area contributed by atoms with Gasteiger partial charge in [0.15, 0.2) is 0 Å². The van der Waals surface area contributed by atoms with E-state index in [2.05, 4.69) is 36.4 Å². The highest BCUT2D eigenvalue weighted by Gasteiger charge is 2.71. The lowest BCUT2D eigenvalue weighted by molar-refractivity contribution is -0.158. The third-order valence-corrected chi connectivity index (χ3v) is 7.43. The summed E-state index contributed by atoms with van der Waals surface area (Å²) in [5, 5.41) is 0. The van der Waals surface area contributed by atoms with E-state index in [0.717, 1.165) is 43.1 Å². The number of halogens is 2. The summed E-state index contributed by atoms with van der Waals surface area (Å²) < 4.78 is 39.3. The van der Waals surface area contributed by atoms with Crippen LogP contribution in [-0.2, 0) is 22.4 Å². The molecule has 1 atom stereocenters. The first-order valence-corrected chi connectivity index (χ1v) is 10.9. The molecule has 3 saturated carbocycles. The zero-order valence-corrected chi connectivity index (χ0v) is 17.2. The number of hydrogen-bond acceptors (Lipinski definition) is 2. The third kappa shape index (κ3) is 3.16. The SMILES string of the molecule is Fc1ccc(C2(CC34CC(c5ccc(OCc6ccccc6)cc5)(C3)C4)CO2)c(F)c1. The van der Waals surface area contributed by atoms with Gasteiger partial charge < -0.3 is 9.47 Å². The Balaban J connectivity index is 1.09. The number of epoxide rings is 1. The van der Waals surface area contributed by atoms with Crippen LogP contribution in [0.3, 0.4) is 0 Å². The van der Waals surface area contributed by atoms with Crippen molar-refractivity contribution < 1.29 is 18.3 Å². The Morgan fingerprint density at radius 3 is 2.23 bits per heavy atom. The van der Waals surface area contributed by atoms with Gasteiger partial charge in [-0.3, -0.25) is 0 Å². The van der Waals surface area contributed by atoms with Crippen LogP contribution in [0.4, 0.5) is 8.78 Å². The quantitative estimate of drug-likeness (QED) is 0.421. The number of hydrogen-bond donors (Lipinski definition) is 0. The molecule has 7 rings (SSSR count). The molecule has 4 fully saturated rings. The minimum Gasteiger partial charge on any atom is -0.489 e. The summed E-state index contributed by atoms with van der Waals surface area (Å²) in [6, 6.07) is 22.5. The monoisotopic (exact) mass is 418 g/mol. The fourth-order valence-corrected chi connectivity index (χ4v) is 6.04. The second kappa shape index (κ2) is 6.64. The average Bonchev–Trinajstić information content (AvgIpc) is 3.50. The fraction of sp³-hybridized carbons (Fsp3) is 0.333.